The van der Waals surface area contributed by atoms with Crippen LogP contribution in [0.25, 0.3) is 0 Å². The first-order valence-corrected chi connectivity index (χ1v) is 4.75. The Morgan fingerprint density at radius 3 is 2.20 bits per heavy atom. The Kier molecular flexibility index (Phi) is 11.7. The summed E-state index contributed by atoms with van der Waals surface area (Å²) in [5.41, 5.74) is 6.85. The smallest absolute Gasteiger partial charge is 0.0102 e. The fraction of sp³-hybridized carbons (Fsp3) is 0.455. The quantitative estimate of drug-likeness (QED) is 0.866. The lowest BCUT2D eigenvalue weighted by molar-refractivity contribution is 0.348. The Bertz CT molecular complexity index is 229. The molecule has 0 saturated heterocycles. The van der Waals surface area contributed by atoms with Crippen molar-refractivity contribution in [1.82, 2.24) is 4.90 Å². The first-order chi connectivity index (χ1) is 6.33. The van der Waals surface area contributed by atoms with Crippen molar-refractivity contribution in [2.75, 3.05) is 26.7 Å². The zero-order valence-corrected chi connectivity index (χ0v) is 10.7. The third kappa shape index (κ3) is 7.63. The summed E-state index contributed by atoms with van der Waals surface area (Å²) in [5.74, 6) is 0. The maximum Gasteiger partial charge on any atom is 0.0102 e. The van der Waals surface area contributed by atoms with Gasteiger partial charge in [0.05, 0.1) is 0 Å². The Morgan fingerprint density at radius 1 is 1.07 bits per heavy atom. The predicted molar refractivity (Wildman–Crippen MR) is 71.2 cm³/mol. The molecule has 88 valence electrons. The summed E-state index contributed by atoms with van der Waals surface area (Å²) in [5, 5.41) is 0. The minimum atomic E-state index is 0. The molecular formula is C11H20Cl2N2. The SMILES string of the molecule is CN(CCN)CCc1ccccc1.Cl.Cl. The molecule has 0 atom stereocenters. The first-order valence-electron chi connectivity index (χ1n) is 4.75. The maximum atomic E-state index is 5.46. The van der Waals surface area contributed by atoms with Gasteiger partial charge in [-0.05, 0) is 19.0 Å². The van der Waals surface area contributed by atoms with E-state index < -0.39 is 0 Å². The molecule has 15 heavy (non-hydrogen) atoms. The second-order valence-corrected chi connectivity index (χ2v) is 3.33. The van der Waals surface area contributed by atoms with Crippen LogP contribution < -0.4 is 5.73 Å². The van der Waals surface area contributed by atoms with Gasteiger partial charge in [-0.25, -0.2) is 0 Å². The zero-order valence-electron chi connectivity index (χ0n) is 9.06. The second-order valence-electron chi connectivity index (χ2n) is 3.33. The molecule has 0 radical (unpaired) electrons. The Morgan fingerprint density at radius 2 is 1.67 bits per heavy atom. The van der Waals surface area contributed by atoms with Gasteiger partial charge in [-0.2, -0.15) is 0 Å². The summed E-state index contributed by atoms with van der Waals surface area (Å²) in [7, 11) is 2.11. The van der Waals surface area contributed by atoms with Crippen molar-refractivity contribution < 1.29 is 0 Å². The normalized spacial score (nSPS) is 9.27. The molecule has 1 aromatic rings. The van der Waals surface area contributed by atoms with Crippen LogP contribution in [0.3, 0.4) is 0 Å². The van der Waals surface area contributed by atoms with E-state index in [2.05, 4.69) is 36.2 Å². The molecule has 0 amide bonds. The van der Waals surface area contributed by atoms with Gasteiger partial charge in [0.1, 0.15) is 0 Å². The molecule has 0 saturated carbocycles. The van der Waals surface area contributed by atoms with E-state index in [1.165, 1.54) is 5.56 Å². The fourth-order valence-corrected chi connectivity index (χ4v) is 1.30. The summed E-state index contributed by atoms with van der Waals surface area (Å²) < 4.78 is 0. The van der Waals surface area contributed by atoms with Gasteiger partial charge < -0.3 is 10.6 Å². The van der Waals surface area contributed by atoms with Crippen molar-refractivity contribution >= 4 is 24.8 Å². The van der Waals surface area contributed by atoms with Gasteiger partial charge in [-0.3, -0.25) is 0 Å². The molecule has 0 unspecified atom stereocenters. The van der Waals surface area contributed by atoms with Gasteiger partial charge in [0.2, 0.25) is 0 Å². The molecule has 0 aliphatic carbocycles. The lowest BCUT2D eigenvalue weighted by atomic mass is 10.1. The summed E-state index contributed by atoms with van der Waals surface area (Å²) in [4.78, 5) is 2.26. The van der Waals surface area contributed by atoms with Gasteiger partial charge in [0, 0.05) is 19.6 Å². The number of hydrogen-bond acceptors (Lipinski definition) is 2. The van der Waals surface area contributed by atoms with Crippen LogP contribution in [0.4, 0.5) is 0 Å². The highest BCUT2D eigenvalue weighted by atomic mass is 35.5. The molecule has 0 aromatic heterocycles. The van der Waals surface area contributed by atoms with Crippen molar-refractivity contribution in [3.63, 3.8) is 0 Å². The third-order valence-electron chi connectivity index (χ3n) is 2.14. The number of likely N-dealkylation sites (N-methyl/N-ethyl adjacent to an activating group) is 1. The van der Waals surface area contributed by atoms with Crippen LogP contribution in [0, 0.1) is 0 Å². The number of nitrogens with zero attached hydrogens (tertiary/aromatic N) is 1. The molecule has 1 rings (SSSR count). The van der Waals surface area contributed by atoms with Crippen LogP contribution in [0.15, 0.2) is 30.3 Å². The van der Waals surface area contributed by atoms with Crippen molar-refractivity contribution in [2.45, 2.75) is 6.42 Å². The molecule has 0 aliphatic rings. The zero-order chi connectivity index (χ0) is 9.52. The first kappa shape index (κ1) is 17.1. The largest absolute Gasteiger partial charge is 0.329 e. The molecule has 0 spiro atoms. The molecular weight excluding hydrogens is 231 g/mol. The highest BCUT2D eigenvalue weighted by Gasteiger charge is 1.96. The summed E-state index contributed by atoms with van der Waals surface area (Å²) in [6, 6.07) is 10.5. The van der Waals surface area contributed by atoms with Crippen molar-refractivity contribution in [3.8, 4) is 0 Å². The topological polar surface area (TPSA) is 29.3 Å². The average Bonchev–Trinajstić information content (AvgIpc) is 2.17. The van der Waals surface area contributed by atoms with Crippen LogP contribution in [-0.2, 0) is 6.42 Å². The standard InChI is InChI=1S/C11H18N2.2ClH/c1-13(10-8-12)9-7-11-5-3-2-4-6-11;;/h2-6H,7-10,12H2,1H3;2*1H. The second kappa shape index (κ2) is 10.2. The van der Waals surface area contributed by atoms with Crippen LogP contribution in [-0.4, -0.2) is 31.6 Å². The summed E-state index contributed by atoms with van der Waals surface area (Å²) >= 11 is 0. The van der Waals surface area contributed by atoms with E-state index in [4.69, 9.17) is 5.73 Å². The number of rotatable bonds is 5. The molecule has 0 fully saturated rings. The Hall–Kier alpha value is -0.280. The van der Waals surface area contributed by atoms with Crippen LogP contribution >= 0.6 is 24.8 Å². The lowest BCUT2D eigenvalue weighted by Gasteiger charge is -2.14. The Labute approximate surface area is 105 Å². The number of nitrogens with two attached hydrogens (primary N) is 1. The molecule has 2 nitrogen and oxygen atoms in total. The van der Waals surface area contributed by atoms with Gasteiger partial charge in [-0.1, -0.05) is 30.3 Å². The van der Waals surface area contributed by atoms with Gasteiger partial charge in [0.15, 0.2) is 0 Å². The van der Waals surface area contributed by atoms with E-state index in [-0.39, 0.29) is 24.8 Å². The molecule has 1 aromatic carbocycles. The number of benzene rings is 1. The van der Waals surface area contributed by atoms with E-state index in [9.17, 15) is 0 Å². The van der Waals surface area contributed by atoms with E-state index in [1.807, 2.05) is 6.07 Å². The van der Waals surface area contributed by atoms with Crippen molar-refractivity contribution in [2.24, 2.45) is 5.73 Å². The van der Waals surface area contributed by atoms with Gasteiger partial charge in [-0.15, -0.1) is 24.8 Å². The monoisotopic (exact) mass is 250 g/mol. The Balaban J connectivity index is 0. The van der Waals surface area contributed by atoms with E-state index in [0.29, 0.717) is 0 Å². The fourth-order valence-electron chi connectivity index (χ4n) is 1.30. The molecule has 0 aliphatic heterocycles. The van der Waals surface area contributed by atoms with E-state index >= 15 is 0 Å². The molecule has 4 heteroatoms. The van der Waals surface area contributed by atoms with E-state index in [0.717, 1.165) is 26.1 Å². The van der Waals surface area contributed by atoms with Crippen LogP contribution in [0.2, 0.25) is 0 Å². The van der Waals surface area contributed by atoms with Crippen molar-refractivity contribution in [1.29, 1.82) is 0 Å². The third-order valence-corrected chi connectivity index (χ3v) is 2.14. The summed E-state index contributed by atoms with van der Waals surface area (Å²) in [6.45, 7) is 2.80. The maximum absolute atomic E-state index is 5.46. The predicted octanol–water partition coefficient (Wildman–Crippen LogP) is 1.96. The summed E-state index contributed by atoms with van der Waals surface area (Å²) in [6.07, 6.45) is 1.11. The highest BCUT2D eigenvalue weighted by Crippen LogP contribution is 1.99. The van der Waals surface area contributed by atoms with Crippen LogP contribution in [0.1, 0.15) is 5.56 Å². The van der Waals surface area contributed by atoms with Crippen molar-refractivity contribution in [3.05, 3.63) is 35.9 Å². The number of hydrogen-bond donors (Lipinski definition) is 1. The van der Waals surface area contributed by atoms with Crippen LogP contribution in [0.5, 0.6) is 0 Å². The van der Waals surface area contributed by atoms with E-state index in [1.54, 1.807) is 0 Å². The molecule has 0 heterocycles. The molecule has 2 N–H and O–H groups in total. The molecule has 0 bridgehead atoms. The minimum absolute atomic E-state index is 0. The van der Waals surface area contributed by atoms with Gasteiger partial charge >= 0.3 is 0 Å². The van der Waals surface area contributed by atoms with Gasteiger partial charge in [0.25, 0.3) is 0 Å². The number of halogens is 2. The minimum Gasteiger partial charge on any atom is -0.329 e. The highest BCUT2D eigenvalue weighted by molar-refractivity contribution is 5.85. The average molecular weight is 251 g/mol. The lowest BCUT2D eigenvalue weighted by Crippen LogP contribution is -2.27.